The van der Waals surface area contributed by atoms with E-state index >= 15 is 0 Å². The first-order chi connectivity index (χ1) is 17.4. The number of amidine groups is 1. The molecule has 9 nitrogen and oxygen atoms in total. The van der Waals surface area contributed by atoms with Crippen LogP contribution in [0, 0.1) is 5.41 Å². The van der Waals surface area contributed by atoms with E-state index in [0.717, 1.165) is 5.69 Å². The number of carbonyl (C=O) groups excluding carboxylic acids is 1. The van der Waals surface area contributed by atoms with Gasteiger partial charge in [-0.05, 0) is 56.7 Å². The van der Waals surface area contributed by atoms with Crippen molar-refractivity contribution in [3.8, 4) is 16.8 Å². The van der Waals surface area contributed by atoms with Crippen LogP contribution in [0.5, 0.6) is 0 Å². The summed E-state index contributed by atoms with van der Waals surface area (Å²) in [7, 11) is -3.74. The summed E-state index contributed by atoms with van der Waals surface area (Å²) in [6.45, 7) is 5.37. The van der Waals surface area contributed by atoms with Crippen LogP contribution in [0.2, 0.25) is 0 Å². The Kier molecular flexibility index (Phi) is 6.97. The summed E-state index contributed by atoms with van der Waals surface area (Å²) in [6, 6.07) is 20.8. The lowest BCUT2D eigenvalue weighted by molar-refractivity contribution is 0.102. The van der Waals surface area contributed by atoms with Gasteiger partial charge in [0.05, 0.1) is 4.90 Å². The van der Waals surface area contributed by atoms with Crippen molar-refractivity contribution in [3.05, 3.63) is 96.6 Å². The molecule has 1 heterocycles. The zero-order valence-corrected chi connectivity index (χ0v) is 21.5. The average molecular weight is 517 g/mol. The number of nitrogens with one attached hydrogen (secondary N) is 3. The fraction of sp³-hybridized carbons (Fsp3) is 0.148. The normalized spacial score (nSPS) is 11.8. The van der Waals surface area contributed by atoms with Crippen molar-refractivity contribution in [2.45, 2.75) is 31.2 Å². The van der Waals surface area contributed by atoms with Gasteiger partial charge in [0.1, 0.15) is 17.9 Å². The highest BCUT2D eigenvalue weighted by atomic mass is 32.2. The minimum atomic E-state index is -3.74. The molecule has 37 heavy (non-hydrogen) atoms. The highest BCUT2D eigenvalue weighted by Crippen LogP contribution is 2.29. The molecule has 1 amide bonds. The number of rotatable bonds is 7. The summed E-state index contributed by atoms with van der Waals surface area (Å²) >= 11 is 0. The zero-order valence-electron chi connectivity index (χ0n) is 20.7. The fourth-order valence-electron chi connectivity index (χ4n) is 3.74. The zero-order chi connectivity index (χ0) is 26.8. The van der Waals surface area contributed by atoms with Gasteiger partial charge in [-0.15, -0.1) is 0 Å². The van der Waals surface area contributed by atoms with E-state index in [-0.39, 0.29) is 16.4 Å². The smallest absolute Gasteiger partial charge is 0.275 e. The molecule has 5 N–H and O–H groups in total. The Morgan fingerprint density at radius 3 is 2.38 bits per heavy atom. The maximum atomic E-state index is 13.0. The van der Waals surface area contributed by atoms with Gasteiger partial charge in [0.2, 0.25) is 10.0 Å². The van der Waals surface area contributed by atoms with Crippen molar-refractivity contribution in [3.63, 3.8) is 0 Å². The van der Waals surface area contributed by atoms with Crippen LogP contribution in [0.15, 0.2) is 90.2 Å². The van der Waals surface area contributed by atoms with Gasteiger partial charge in [0.25, 0.3) is 5.91 Å². The van der Waals surface area contributed by atoms with Gasteiger partial charge in [-0.25, -0.2) is 18.1 Å². The lowest BCUT2D eigenvalue weighted by Crippen LogP contribution is -2.40. The highest BCUT2D eigenvalue weighted by molar-refractivity contribution is 7.89. The summed E-state index contributed by atoms with van der Waals surface area (Å²) < 4.78 is 30.3. The first kappa shape index (κ1) is 25.8. The third-order valence-corrected chi connectivity index (χ3v) is 7.16. The molecule has 3 aromatic carbocycles. The van der Waals surface area contributed by atoms with Crippen molar-refractivity contribution in [1.82, 2.24) is 14.3 Å². The van der Waals surface area contributed by atoms with Crippen LogP contribution < -0.4 is 15.8 Å². The van der Waals surface area contributed by atoms with Crippen LogP contribution in [-0.4, -0.2) is 35.3 Å². The van der Waals surface area contributed by atoms with Crippen molar-refractivity contribution in [1.29, 1.82) is 5.41 Å². The number of anilines is 1. The second-order valence-corrected chi connectivity index (χ2v) is 11.2. The SMILES string of the molecule is CC(C)(C)NS(=O)(=O)c1ccccc1-c1ccc(NC(=O)c2cn(-c3cccc(C(=N)N)c3)cn2)cc1. The molecule has 0 aliphatic carbocycles. The van der Waals surface area contributed by atoms with Crippen molar-refractivity contribution in [2.24, 2.45) is 5.73 Å². The van der Waals surface area contributed by atoms with Gasteiger partial charge in [0.15, 0.2) is 0 Å². The van der Waals surface area contributed by atoms with E-state index in [9.17, 15) is 13.2 Å². The van der Waals surface area contributed by atoms with E-state index in [4.69, 9.17) is 11.1 Å². The molecule has 0 saturated carbocycles. The summed E-state index contributed by atoms with van der Waals surface area (Å²) in [5.74, 6) is -0.444. The molecule has 0 aliphatic rings. The molecule has 0 radical (unpaired) electrons. The molecule has 0 atom stereocenters. The first-order valence-corrected chi connectivity index (χ1v) is 12.9. The molecule has 0 unspecified atom stereocenters. The van der Waals surface area contributed by atoms with Crippen LogP contribution in [0.25, 0.3) is 16.8 Å². The van der Waals surface area contributed by atoms with E-state index in [0.29, 0.717) is 22.4 Å². The van der Waals surface area contributed by atoms with Crippen molar-refractivity contribution >= 4 is 27.5 Å². The second-order valence-electron chi connectivity index (χ2n) is 9.51. The molecular weight excluding hydrogens is 488 g/mol. The van der Waals surface area contributed by atoms with Crippen LogP contribution in [-0.2, 0) is 10.0 Å². The van der Waals surface area contributed by atoms with Gasteiger partial charge < -0.3 is 15.6 Å². The molecule has 10 heteroatoms. The van der Waals surface area contributed by atoms with Crippen molar-refractivity contribution < 1.29 is 13.2 Å². The fourth-order valence-corrected chi connectivity index (χ4v) is 5.39. The molecule has 4 rings (SSSR count). The van der Waals surface area contributed by atoms with E-state index in [2.05, 4.69) is 15.0 Å². The number of imidazole rings is 1. The maximum absolute atomic E-state index is 13.0. The highest BCUT2D eigenvalue weighted by Gasteiger charge is 2.24. The Balaban J connectivity index is 1.52. The van der Waals surface area contributed by atoms with Crippen LogP contribution in [0.1, 0.15) is 36.8 Å². The summed E-state index contributed by atoms with van der Waals surface area (Å²) in [4.78, 5) is 17.1. The van der Waals surface area contributed by atoms with Gasteiger partial charge in [-0.2, -0.15) is 0 Å². The number of amides is 1. The number of nitrogens with two attached hydrogens (primary N) is 1. The topological polar surface area (TPSA) is 143 Å². The average Bonchev–Trinajstić information content (AvgIpc) is 3.34. The Morgan fingerprint density at radius 1 is 1.00 bits per heavy atom. The molecule has 0 bridgehead atoms. The van der Waals surface area contributed by atoms with Crippen LogP contribution in [0.4, 0.5) is 5.69 Å². The van der Waals surface area contributed by atoms with E-state index < -0.39 is 21.5 Å². The Bertz CT molecular complexity index is 1570. The standard InChI is InChI=1S/C27H28N6O3S/c1-27(2,3)32-37(35,36)24-10-5-4-9-22(24)18-11-13-20(14-12-18)31-26(34)23-16-33(17-30-23)21-8-6-7-19(15-21)25(28)29/h4-17,32H,1-3H3,(H3,28,29)(H,31,34). The van der Waals surface area contributed by atoms with Gasteiger partial charge in [0, 0.05) is 34.2 Å². The number of hydrogen-bond donors (Lipinski definition) is 4. The van der Waals surface area contributed by atoms with E-state index in [1.54, 1.807) is 98.3 Å². The third kappa shape index (κ3) is 6.11. The predicted molar refractivity (Wildman–Crippen MR) is 144 cm³/mol. The van der Waals surface area contributed by atoms with Crippen molar-refractivity contribution in [2.75, 3.05) is 5.32 Å². The van der Waals surface area contributed by atoms with Crippen LogP contribution in [0.3, 0.4) is 0 Å². The Hall–Kier alpha value is -4.28. The van der Waals surface area contributed by atoms with Gasteiger partial charge >= 0.3 is 0 Å². The summed E-state index contributed by atoms with van der Waals surface area (Å²) in [5.41, 5.74) is 8.23. The number of hydrogen-bond acceptors (Lipinski definition) is 5. The number of benzene rings is 3. The minimum absolute atomic E-state index is 0.0472. The maximum Gasteiger partial charge on any atom is 0.275 e. The van der Waals surface area contributed by atoms with E-state index in [1.807, 2.05) is 6.07 Å². The summed E-state index contributed by atoms with van der Waals surface area (Å²) in [5, 5.41) is 10.4. The minimum Gasteiger partial charge on any atom is -0.384 e. The number of carbonyl (C=O) groups is 1. The molecule has 190 valence electrons. The van der Waals surface area contributed by atoms with Gasteiger partial charge in [-0.1, -0.05) is 42.5 Å². The molecule has 4 aromatic rings. The third-order valence-electron chi connectivity index (χ3n) is 5.34. The lowest BCUT2D eigenvalue weighted by atomic mass is 10.1. The van der Waals surface area contributed by atoms with E-state index in [1.165, 1.54) is 6.33 Å². The Morgan fingerprint density at radius 2 is 1.70 bits per heavy atom. The number of aromatic nitrogens is 2. The first-order valence-electron chi connectivity index (χ1n) is 11.5. The number of nitrogen functional groups attached to an aromatic ring is 1. The predicted octanol–water partition coefficient (Wildman–Crippen LogP) is 4.15. The largest absolute Gasteiger partial charge is 0.384 e. The molecule has 0 fully saturated rings. The number of sulfonamides is 1. The quantitative estimate of drug-likeness (QED) is 0.216. The molecular formula is C27H28N6O3S. The Labute approximate surface area is 215 Å². The van der Waals surface area contributed by atoms with Crippen LogP contribution >= 0.6 is 0 Å². The lowest BCUT2D eigenvalue weighted by Gasteiger charge is -2.21. The molecule has 1 aromatic heterocycles. The molecule has 0 aliphatic heterocycles. The molecule has 0 spiro atoms. The monoisotopic (exact) mass is 516 g/mol. The number of nitrogens with zero attached hydrogens (tertiary/aromatic N) is 2. The second kappa shape index (κ2) is 10.00. The van der Waals surface area contributed by atoms with Gasteiger partial charge in [-0.3, -0.25) is 10.2 Å². The summed E-state index contributed by atoms with van der Waals surface area (Å²) in [6.07, 6.45) is 3.10. The molecule has 0 saturated heterocycles.